The van der Waals surface area contributed by atoms with E-state index in [2.05, 4.69) is 46.3 Å². The lowest BCUT2D eigenvalue weighted by Crippen LogP contribution is -2.11. The highest BCUT2D eigenvalue weighted by Gasteiger charge is 2.14. The number of hydrogen-bond acceptors (Lipinski definition) is 1. The van der Waals surface area contributed by atoms with E-state index in [1.54, 1.807) is 0 Å². The maximum Gasteiger partial charge on any atom is 0.0567 e. The average molecular weight is 173 g/mol. The third-order valence-electron chi connectivity index (χ3n) is 1.49. The number of rotatable bonds is 2. The quantitative estimate of drug-likeness (QED) is 0.557. The van der Waals surface area contributed by atoms with Gasteiger partial charge in [0.2, 0.25) is 0 Å². The van der Waals surface area contributed by atoms with Crippen LogP contribution in [0.25, 0.3) is 0 Å². The van der Waals surface area contributed by atoms with Crippen molar-refractivity contribution in [2.24, 2.45) is 4.74 Å². The zero-order valence-electron chi connectivity index (χ0n) is 8.60. The maximum atomic E-state index is 4.57. The molecule has 2 heteroatoms. The Morgan fingerprint density at radius 3 is 1.82 bits per heavy atom. The minimum Gasteiger partial charge on any atom is -0.262 e. The topological polar surface area (TPSA) is 12.4 Å². The van der Waals surface area contributed by atoms with Gasteiger partial charge in [-0.3, -0.25) is 4.74 Å². The van der Waals surface area contributed by atoms with Crippen LogP contribution in [0.4, 0.5) is 0 Å². The molecule has 0 bridgehead atoms. The van der Waals surface area contributed by atoms with E-state index in [1.165, 1.54) is 14.8 Å². The molecule has 0 N–H and O–H groups in total. The first-order valence-corrected chi connectivity index (χ1v) is 5.06. The highest BCUT2D eigenvalue weighted by Crippen LogP contribution is 2.30. The zero-order chi connectivity index (χ0) is 9.12. The molecular weight excluding hydrogens is 153 g/mol. The summed E-state index contributed by atoms with van der Waals surface area (Å²) in [5, 5.41) is 0.354. The van der Waals surface area contributed by atoms with Crippen LogP contribution in [-0.2, 0) is 0 Å². The summed E-state index contributed by atoms with van der Waals surface area (Å²) in [4.78, 5) is 0. The van der Waals surface area contributed by atoms with Gasteiger partial charge in [0.05, 0.1) is 5.54 Å². The highest BCUT2D eigenvalue weighted by molar-refractivity contribution is 7.28. The van der Waals surface area contributed by atoms with Crippen molar-refractivity contribution in [1.29, 1.82) is 0 Å². The number of hydrogen-bond donors (Lipinski definition) is 0. The van der Waals surface area contributed by atoms with Crippen molar-refractivity contribution in [3.63, 3.8) is 0 Å². The third kappa shape index (κ3) is 6.50. The Labute approximate surface area is 72.5 Å². The van der Waals surface area contributed by atoms with Crippen LogP contribution in [-0.4, -0.2) is 10.7 Å². The van der Waals surface area contributed by atoms with Gasteiger partial charge in [-0.15, -0.1) is 0 Å². The van der Waals surface area contributed by atoms with Gasteiger partial charge in [-0.1, -0.05) is 20.8 Å². The van der Waals surface area contributed by atoms with Gasteiger partial charge < -0.3 is 0 Å². The van der Waals surface area contributed by atoms with Crippen molar-refractivity contribution in [1.82, 2.24) is 0 Å². The minimum atomic E-state index is 0.119. The molecule has 0 aliphatic rings. The van der Waals surface area contributed by atoms with E-state index in [9.17, 15) is 0 Å². The van der Waals surface area contributed by atoms with Crippen LogP contribution in [0.5, 0.6) is 0 Å². The molecule has 0 rings (SSSR count). The first kappa shape index (κ1) is 11.1. The van der Waals surface area contributed by atoms with Gasteiger partial charge >= 0.3 is 0 Å². The van der Waals surface area contributed by atoms with Crippen molar-refractivity contribution in [3.05, 3.63) is 0 Å². The lowest BCUT2D eigenvalue weighted by atomic mass is 10.1. The van der Waals surface area contributed by atoms with Gasteiger partial charge in [-0.2, -0.15) is 0 Å². The van der Waals surface area contributed by atoms with Crippen LogP contribution in [0.3, 0.4) is 0 Å². The fraction of sp³-hybridized carbons (Fsp3) is 1.00. The van der Waals surface area contributed by atoms with Crippen molar-refractivity contribution in [3.8, 4) is 0 Å². The molecule has 66 valence electrons. The normalized spacial score (nSPS) is 14.4. The van der Waals surface area contributed by atoms with E-state index >= 15 is 0 Å². The lowest BCUT2D eigenvalue weighted by Gasteiger charge is -2.18. The fourth-order valence-electron chi connectivity index (χ4n) is 0.356. The lowest BCUT2D eigenvalue weighted by molar-refractivity contribution is 0.585. The van der Waals surface area contributed by atoms with E-state index in [0.717, 1.165) is 0 Å². The fourth-order valence-corrected chi connectivity index (χ4v) is 1.07. The largest absolute Gasteiger partial charge is 0.262 e. The Balaban J connectivity index is 4.13. The maximum absolute atomic E-state index is 4.57. The Morgan fingerprint density at radius 2 is 1.55 bits per heavy atom. The average Bonchev–Trinajstić information content (AvgIpc) is 1.83. The monoisotopic (exact) mass is 173 g/mol. The van der Waals surface area contributed by atoms with Gasteiger partial charge in [-0.25, -0.2) is 0 Å². The van der Waals surface area contributed by atoms with Crippen molar-refractivity contribution < 1.29 is 0 Å². The highest BCUT2D eigenvalue weighted by atomic mass is 31.1. The SMILES string of the molecule is CCC(C)(C)P=NC(C)(C)C. The molecule has 0 aromatic carbocycles. The Kier molecular flexibility index (Phi) is 3.70. The molecule has 0 aromatic heterocycles. The third-order valence-corrected chi connectivity index (χ3v) is 3.04. The van der Waals surface area contributed by atoms with Gasteiger partial charge in [0.1, 0.15) is 0 Å². The summed E-state index contributed by atoms with van der Waals surface area (Å²) in [6.07, 6.45) is 1.19. The summed E-state index contributed by atoms with van der Waals surface area (Å²) in [6.45, 7) is 13.2. The molecule has 0 saturated carbocycles. The van der Waals surface area contributed by atoms with Crippen molar-refractivity contribution >= 4 is 8.37 Å². The molecule has 0 atom stereocenters. The van der Waals surface area contributed by atoms with Crippen LogP contribution in [0.2, 0.25) is 0 Å². The Bertz CT molecular complexity index is 142. The van der Waals surface area contributed by atoms with E-state index < -0.39 is 0 Å². The van der Waals surface area contributed by atoms with Crippen molar-refractivity contribution in [2.75, 3.05) is 0 Å². The Hall–Kier alpha value is 0.100. The molecule has 0 aliphatic heterocycles. The van der Waals surface area contributed by atoms with Gasteiger partial charge in [-0.05, 0) is 27.2 Å². The molecule has 0 fully saturated rings. The molecule has 0 heterocycles. The predicted molar refractivity (Wildman–Crippen MR) is 53.5 cm³/mol. The molecule has 0 saturated heterocycles. The van der Waals surface area contributed by atoms with Crippen LogP contribution in [0.15, 0.2) is 4.74 Å². The first-order chi connectivity index (χ1) is 4.77. The smallest absolute Gasteiger partial charge is 0.0567 e. The molecular formula is C9H20NP. The number of nitrogens with zero attached hydrogens (tertiary/aromatic N) is 1. The summed E-state index contributed by atoms with van der Waals surface area (Å²) in [5.41, 5.74) is 0.119. The Morgan fingerprint density at radius 1 is 1.09 bits per heavy atom. The molecule has 0 spiro atoms. The summed E-state index contributed by atoms with van der Waals surface area (Å²) >= 11 is 0. The standard InChI is InChI=1S/C9H20NP/c1-7-9(5,6)11-10-8(2,3)4/h7H2,1-6H3. The zero-order valence-corrected chi connectivity index (χ0v) is 9.50. The second-order valence-corrected chi connectivity index (χ2v) is 6.15. The molecule has 1 nitrogen and oxygen atoms in total. The summed E-state index contributed by atoms with van der Waals surface area (Å²) in [6, 6.07) is 0. The molecule has 0 aliphatic carbocycles. The van der Waals surface area contributed by atoms with E-state index in [1.807, 2.05) is 0 Å². The van der Waals surface area contributed by atoms with Gasteiger partial charge in [0, 0.05) is 13.5 Å². The second kappa shape index (κ2) is 3.67. The summed E-state index contributed by atoms with van der Waals surface area (Å²) in [7, 11) is 1.22. The van der Waals surface area contributed by atoms with Crippen molar-refractivity contribution in [2.45, 2.75) is 58.7 Å². The summed E-state index contributed by atoms with van der Waals surface area (Å²) < 4.78 is 4.57. The van der Waals surface area contributed by atoms with Gasteiger partial charge in [0.25, 0.3) is 0 Å². The van der Waals surface area contributed by atoms with E-state index in [0.29, 0.717) is 5.16 Å². The van der Waals surface area contributed by atoms with E-state index in [4.69, 9.17) is 0 Å². The van der Waals surface area contributed by atoms with Crippen LogP contribution >= 0.6 is 8.37 Å². The van der Waals surface area contributed by atoms with Crippen LogP contribution < -0.4 is 0 Å². The first-order valence-electron chi connectivity index (χ1n) is 4.21. The predicted octanol–water partition coefficient (Wildman–Crippen LogP) is 4.10. The molecule has 0 radical (unpaired) electrons. The second-order valence-electron chi connectivity index (χ2n) is 4.54. The molecule has 0 amide bonds. The molecule has 11 heavy (non-hydrogen) atoms. The van der Waals surface area contributed by atoms with E-state index in [-0.39, 0.29) is 5.54 Å². The van der Waals surface area contributed by atoms with Gasteiger partial charge in [0.15, 0.2) is 0 Å². The van der Waals surface area contributed by atoms with Crippen LogP contribution in [0, 0.1) is 0 Å². The summed E-state index contributed by atoms with van der Waals surface area (Å²) in [5.74, 6) is 0. The molecule has 0 aromatic rings. The van der Waals surface area contributed by atoms with Crippen LogP contribution in [0.1, 0.15) is 48.0 Å². The minimum absolute atomic E-state index is 0.119. The molecule has 0 unspecified atom stereocenters.